The minimum Gasteiger partial charge on any atom is -0.333 e. The molecule has 0 atom stereocenters. The van der Waals surface area contributed by atoms with Crippen LogP contribution in [0.3, 0.4) is 0 Å². The number of rotatable bonds is 6. The van der Waals surface area contributed by atoms with E-state index in [0.29, 0.717) is 26.2 Å². The van der Waals surface area contributed by atoms with Crippen molar-refractivity contribution < 1.29 is 9.59 Å². The average Bonchev–Trinajstić information content (AvgIpc) is 2.30. The maximum Gasteiger partial charge on any atom is 0.312 e. The first kappa shape index (κ1) is 13.0. The predicted molar refractivity (Wildman–Crippen MR) is 62.0 cm³/mol. The summed E-state index contributed by atoms with van der Waals surface area (Å²) in [4.78, 5) is 26.5. The molecule has 0 aromatic rings. The van der Waals surface area contributed by atoms with Crippen molar-refractivity contribution >= 4 is 11.8 Å². The number of hydrogen-bond acceptors (Lipinski definition) is 3. The van der Waals surface area contributed by atoms with E-state index in [1.54, 1.807) is 9.80 Å². The summed E-state index contributed by atoms with van der Waals surface area (Å²) in [5.74, 6) is -0.712. The molecule has 0 aromatic heterocycles. The largest absolute Gasteiger partial charge is 0.333 e. The summed E-state index contributed by atoms with van der Waals surface area (Å²) in [5, 5.41) is 3.22. The number of nitrogens with one attached hydrogen (secondary N) is 1. The summed E-state index contributed by atoms with van der Waals surface area (Å²) in [6.45, 7) is 8.27. The number of amides is 2. The fraction of sp³-hybridized carbons (Fsp3) is 0.818. The topological polar surface area (TPSA) is 52.6 Å². The Morgan fingerprint density at radius 2 is 1.69 bits per heavy atom. The van der Waals surface area contributed by atoms with E-state index >= 15 is 0 Å². The van der Waals surface area contributed by atoms with Gasteiger partial charge in [0.25, 0.3) is 0 Å². The second-order valence-corrected chi connectivity index (χ2v) is 3.93. The van der Waals surface area contributed by atoms with Gasteiger partial charge in [0.2, 0.25) is 0 Å². The highest BCUT2D eigenvalue weighted by Crippen LogP contribution is 2.03. The highest BCUT2D eigenvalue weighted by Gasteiger charge is 2.30. The Labute approximate surface area is 96.8 Å². The van der Waals surface area contributed by atoms with Crippen molar-refractivity contribution in [3.63, 3.8) is 0 Å². The predicted octanol–water partition coefficient (Wildman–Crippen LogP) is -0.323. The number of carbonyl (C=O) groups is 2. The van der Waals surface area contributed by atoms with E-state index in [0.717, 1.165) is 19.5 Å². The highest BCUT2D eigenvalue weighted by atomic mass is 16.2. The maximum atomic E-state index is 11.7. The molecular formula is C11H21N3O2. The van der Waals surface area contributed by atoms with E-state index in [4.69, 9.17) is 0 Å². The third-order valence-corrected chi connectivity index (χ3v) is 2.76. The Bertz CT molecular complexity index is 256. The van der Waals surface area contributed by atoms with Gasteiger partial charge in [-0.1, -0.05) is 6.92 Å². The van der Waals surface area contributed by atoms with Gasteiger partial charge in [0.05, 0.1) is 0 Å². The molecule has 0 spiro atoms. The molecule has 2 amide bonds. The monoisotopic (exact) mass is 227 g/mol. The zero-order chi connectivity index (χ0) is 12.0. The molecule has 0 unspecified atom stereocenters. The van der Waals surface area contributed by atoms with Crippen LogP contribution in [0.4, 0.5) is 0 Å². The van der Waals surface area contributed by atoms with Gasteiger partial charge in [0.15, 0.2) is 0 Å². The standard InChI is InChI=1S/C11H21N3O2/c1-3-5-12-6-7-14-9-8-13(4-2)10(15)11(14)16/h12H,3-9H2,1-2H3. The van der Waals surface area contributed by atoms with Crippen LogP contribution in [0.2, 0.25) is 0 Å². The van der Waals surface area contributed by atoms with Gasteiger partial charge in [0.1, 0.15) is 0 Å². The average molecular weight is 227 g/mol. The lowest BCUT2D eigenvalue weighted by Crippen LogP contribution is -2.55. The maximum absolute atomic E-state index is 11.7. The summed E-state index contributed by atoms with van der Waals surface area (Å²) in [5.41, 5.74) is 0. The minimum atomic E-state index is -0.357. The lowest BCUT2D eigenvalue weighted by molar-refractivity contribution is -0.155. The zero-order valence-electron chi connectivity index (χ0n) is 10.2. The summed E-state index contributed by atoms with van der Waals surface area (Å²) in [6.07, 6.45) is 1.08. The number of likely N-dealkylation sites (N-methyl/N-ethyl adjacent to an activating group) is 1. The fourth-order valence-electron chi connectivity index (χ4n) is 1.75. The molecule has 0 saturated carbocycles. The van der Waals surface area contributed by atoms with Crippen LogP contribution >= 0.6 is 0 Å². The van der Waals surface area contributed by atoms with Gasteiger partial charge in [-0.25, -0.2) is 0 Å². The van der Waals surface area contributed by atoms with Crippen molar-refractivity contribution in [1.29, 1.82) is 0 Å². The molecule has 1 rings (SSSR count). The second-order valence-electron chi connectivity index (χ2n) is 3.93. The molecule has 1 heterocycles. The Balaban J connectivity index is 2.34. The van der Waals surface area contributed by atoms with Crippen molar-refractivity contribution in [1.82, 2.24) is 15.1 Å². The van der Waals surface area contributed by atoms with E-state index in [-0.39, 0.29) is 11.8 Å². The summed E-state index contributed by atoms with van der Waals surface area (Å²) >= 11 is 0. The fourth-order valence-corrected chi connectivity index (χ4v) is 1.75. The van der Waals surface area contributed by atoms with E-state index < -0.39 is 0 Å². The van der Waals surface area contributed by atoms with Crippen molar-refractivity contribution in [2.45, 2.75) is 20.3 Å². The first-order valence-electron chi connectivity index (χ1n) is 5.99. The molecule has 0 aromatic carbocycles. The van der Waals surface area contributed by atoms with Crippen molar-refractivity contribution in [3.8, 4) is 0 Å². The van der Waals surface area contributed by atoms with E-state index in [2.05, 4.69) is 12.2 Å². The Kier molecular flexibility index (Phi) is 5.25. The molecule has 5 heteroatoms. The molecule has 16 heavy (non-hydrogen) atoms. The van der Waals surface area contributed by atoms with Gasteiger partial charge in [-0.3, -0.25) is 9.59 Å². The molecule has 92 valence electrons. The molecule has 5 nitrogen and oxygen atoms in total. The molecule has 1 aliphatic rings. The van der Waals surface area contributed by atoms with Gasteiger partial charge in [-0.2, -0.15) is 0 Å². The first-order chi connectivity index (χ1) is 7.70. The molecule has 1 saturated heterocycles. The van der Waals surface area contributed by atoms with Crippen molar-refractivity contribution in [2.24, 2.45) is 0 Å². The molecule has 0 bridgehead atoms. The Morgan fingerprint density at radius 1 is 1.06 bits per heavy atom. The van der Waals surface area contributed by atoms with Gasteiger partial charge in [-0.15, -0.1) is 0 Å². The van der Waals surface area contributed by atoms with Gasteiger partial charge >= 0.3 is 11.8 Å². The van der Waals surface area contributed by atoms with Gasteiger partial charge < -0.3 is 15.1 Å². The molecule has 0 aliphatic carbocycles. The zero-order valence-corrected chi connectivity index (χ0v) is 10.2. The minimum absolute atomic E-state index is 0.355. The Hall–Kier alpha value is -1.10. The van der Waals surface area contributed by atoms with Gasteiger partial charge in [0, 0.05) is 32.7 Å². The summed E-state index contributed by atoms with van der Waals surface area (Å²) < 4.78 is 0. The van der Waals surface area contributed by atoms with Crippen LogP contribution in [0.15, 0.2) is 0 Å². The number of carbonyl (C=O) groups excluding carboxylic acids is 2. The number of nitrogens with zero attached hydrogens (tertiary/aromatic N) is 2. The van der Waals surface area contributed by atoms with Gasteiger partial charge in [-0.05, 0) is 19.9 Å². The summed E-state index contributed by atoms with van der Waals surface area (Å²) in [7, 11) is 0. The smallest absolute Gasteiger partial charge is 0.312 e. The van der Waals surface area contributed by atoms with Crippen LogP contribution in [0, 0.1) is 0 Å². The molecular weight excluding hydrogens is 206 g/mol. The van der Waals surface area contributed by atoms with Crippen LogP contribution in [-0.4, -0.2) is 60.9 Å². The quantitative estimate of drug-likeness (QED) is 0.499. The highest BCUT2D eigenvalue weighted by molar-refractivity contribution is 6.35. The molecule has 0 radical (unpaired) electrons. The van der Waals surface area contributed by atoms with E-state index in [9.17, 15) is 9.59 Å². The molecule has 1 fully saturated rings. The van der Waals surface area contributed by atoms with E-state index in [1.165, 1.54) is 0 Å². The van der Waals surface area contributed by atoms with Crippen LogP contribution in [-0.2, 0) is 9.59 Å². The molecule has 1 N–H and O–H groups in total. The third kappa shape index (κ3) is 3.20. The number of piperazine rings is 1. The van der Waals surface area contributed by atoms with Crippen molar-refractivity contribution in [3.05, 3.63) is 0 Å². The SMILES string of the molecule is CCCNCCN1CCN(CC)C(=O)C1=O. The summed E-state index contributed by atoms with van der Waals surface area (Å²) in [6, 6.07) is 0. The van der Waals surface area contributed by atoms with Crippen LogP contribution in [0.1, 0.15) is 20.3 Å². The van der Waals surface area contributed by atoms with Crippen molar-refractivity contribution in [2.75, 3.05) is 39.3 Å². The molecule has 1 aliphatic heterocycles. The lowest BCUT2D eigenvalue weighted by Gasteiger charge is -2.33. The van der Waals surface area contributed by atoms with Crippen LogP contribution in [0.25, 0.3) is 0 Å². The Morgan fingerprint density at radius 3 is 2.31 bits per heavy atom. The van der Waals surface area contributed by atoms with Crippen LogP contribution < -0.4 is 5.32 Å². The first-order valence-corrected chi connectivity index (χ1v) is 5.99. The normalized spacial score (nSPS) is 17.1. The third-order valence-electron chi connectivity index (χ3n) is 2.76. The van der Waals surface area contributed by atoms with E-state index in [1.807, 2.05) is 6.92 Å². The lowest BCUT2D eigenvalue weighted by atomic mass is 10.3. The van der Waals surface area contributed by atoms with Crippen LogP contribution in [0.5, 0.6) is 0 Å². The second kappa shape index (κ2) is 6.48. The number of hydrogen-bond donors (Lipinski definition) is 1.